The second-order valence-corrected chi connectivity index (χ2v) is 5.27. The Kier molecular flexibility index (Phi) is 5.73. The number of ether oxygens (including phenoxy) is 1. The normalized spacial score (nSPS) is 10.8. The van der Waals surface area contributed by atoms with E-state index >= 15 is 0 Å². The summed E-state index contributed by atoms with van der Waals surface area (Å²) in [5, 5.41) is 11.0. The smallest absolute Gasteiger partial charge is 0.433 e. The number of halogens is 2. The topological polar surface area (TPSA) is 99.7 Å². The van der Waals surface area contributed by atoms with Crippen molar-refractivity contribution < 1.29 is 23.7 Å². The molecule has 1 aromatic heterocycles. The zero-order chi connectivity index (χ0) is 17.7. The molecule has 0 aliphatic carbocycles. The van der Waals surface area contributed by atoms with E-state index < -0.39 is 29.2 Å². The monoisotopic (exact) mass is 369 g/mol. The van der Waals surface area contributed by atoms with Crippen LogP contribution in [0.3, 0.4) is 0 Å². The Morgan fingerprint density at radius 2 is 2.00 bits per heavy atom. The third-order valence-corrected chi connectivity index (χ3v) is 3.30. The van der Waals surface area contributed by atoms with E-state index in [1.165, 1.54) is 30.3 Å². The summed E-state index contributed by atoms with van der Waals surface area (Å²) < 4.78 is 9.60. The van der Waals surface area contributed by atoms with Crippen LogP contribution < -0.4 is 0 Å². The summed E-state index contributed by atoms with van der Waals surface area (Å²) in [6.07, 6.45) is 2.17. The highest BCUT2D eigenvalue weighted by atomic mass is 35.5. The number of carbonyl (C=O) groups excluding carboxylic acids is 2. The van der Waals surface area contributed by atoms with Crippen molar-refractivity contribution in [2.24, 2.45) is 0 Å². The van der Waals surface area contributed by atoms with Gasteiger partial charge in [-0.05, 0) is 30.3 Å². The molecule has 0 aliphatic heterocycles. The molecular weight excluding hydrogens is 361 g/mol. The minimum Gasteiger partial charge on any atom is -0.454 e. The molecule has 0 aliphatic rings. The molecule has 0 atom stereocenters. The van der Waals surface area contributed by atoms with Crippen LogP contribution in [0.2, 0.25) is 10.0 Å². The van der Waals surface area contributed by atoms with Gasteiger partial charge in [-0.15, -0.1) is 0 Å². The van der Waals surface area contributed by atoms with Crippen LogP contribution in [0.15, 0.2) is 40.8 Å². The predicted molar refractivity (Wildman–Crippen MR) is 86.1 cm³/mol. The number of hydrogen-bond donors (Lipinski definition) is 0. The van der Waals surface area contributed by atoms with Gasteiger partial charge in [0.05, 0.1) is 11.1 Å². The van der Waals surface area contributed by atoms with Crippen molar-refractivity contribution in [1.82, 2.24) is 0 Å². The maximum atomic E-state index is 11.9. The van der Waals surface area contributed by atoms with Crippen LogP contribution in [0.4, 0.5) is 5.88 Å². The van der Waals surface area contributed by atoms with Gasteiger partial charge in [-0.3, -0.25) is 14.9 Å². The fourth-order valence-corrected chi connectivity index (χ4v) is 2.17. The summed E-state index contributed by atoms with van der Waals surface area (Å²) >= 11 is 11.6. The molecule has 124 valence electrons. The molecule has 0 amide bonds. The van der Waals surface area contributed by atoms with E-state index in [0.29, 0.717) is 5.02 Å². The van der Waals surface area contributed by atoms with Gasteiger partial charge in [0.25, 0.3) is 0 Å². The van der Waals surface area contributed by atoms with Gasteiger partial charge in [0.2, 0.25) is 5.78 Å². The number of esters is 1. The second-order valence-electron chi connectivity index (χ2n) is 4.42. The zero-order valence-corrected chi connectivity index (χ0v) is 13.4. The van der Waals surface area contributed by atoms with Crippen LogP contribution in [0.25, 0.3) is 6.08 Å². The van der Waals surface area contributed by atoms with Gasteiger partial charge in [0.15, 0.2) is 6.61 Å². The predicted octanol–water partition coefficient (Wildman–Crippen LogP) is 3.93. The minimum absolute atomic E-state index is 0.103. The van der Waals surface area contributed by atoms with E-state index in [0.717, 1.165) is 12.1 Å². The standard InChI is InChI=1S/C15H9Cl2NO6/c16-9-1-4-11(12(17)7-9)13(19)8-23-15(20)6-3-10-2-5-14(24-10)18(21)22/h1-7H,8H2/b6-3+. The summed E-state index contributed by atoms with van der Waals surface area (Å²) in [6.45, 7) is -0.511. The second kappa shape index (κ2) is 7.76. The summed E-state index contributed by atoms with van der Waals surface area (Å²) in [4.78, 5) is 33.2. The van der Waals surface area contributed by atoms with E-state index in [4.69, 9.17) is 32.4 Å². The lowest BCUT2D eigenvalue weighted by Crippen LogP contribution is -2.12. The van der Waals surface area contributed by atoms with E-state index in [1.54, 1.807) is 0 Å². The highest BCUT2D eigenvalue weighted by Gasteiger charge is 2.13. The summed E-state index contributed by atoms with van der Waals surface area (Å²) in [7, 11) is 0. The largest absolute Gasteiger partial charge is 0.454 e. The van der Waals surface area contributed by atoms with Crippen LogP contribution in [-0.2, 0) is 9.53 Å². The van der Waals surface area contributed by atoms with Crippen LogP contribution in [0.5, 0.6) is 0 Å². The number of rotatable bonds is 6. The summed E-state index contributed by atoms with van der Waals surface area (Å²) in [6, 6.07) is 6.80. The Morgan fingerprint density at radius 1 is 1.25 bits per heavy atom. The van der Waals surface area contributed by atoms with E-state index in [9.17, 15) is 19.7 Å². The fourth-order valence-electron chi connectivity index (χ4n) is 1.66. The molecular formula is C15H9Cl2NO6. The molecule has 7 nitrogen and oxygen atoms in total. The average Bonchev–Trinajstić information content (AvgIpc) is 3.00. The van der Waals surface area contributed by atoms with Crippen LogP contribution >= 0.6 is 23.2 Å². The first-order valence-corrected chi connectivity index (χ1v) is 7.19. The highest BCUT2D eigenvalue weighted by Crippen LogP contribution is 2.21. The molecule has 0 N–H and O–H groups in total. The molecule has 0 unspecified atom stereocenters. The summed E-state index contributed by atoms with van der Waals surface area (Å²) in [5.41, 5.74) is 0.180. The van der Waals surface area contributed by atoms with Crippen molar-refractivity contribution in [2.75, 3.05) is 6.61 Å². The number of nitro groups is 1. The third-order valence-electron chi connectivity index (χ3n) is 2.75. The maximum Gasteiger partial charge on any atom is 0.433 e. The Balaban J connectivity index is 1.91. The van der Waals surface area contributed by atoms with E-state index in [1.807, 2.05) is 0 Å². The molecule has 0 spiro atoms. The van der Waals surface area contributed by atoms with Gasteiger partial charge in [-0.25, -0.2) is 4.79 Å². The van der Waals surface area contributed by atoms with E-state index in [2.05, 4.69) is 0 Å². The quantitative estimate of drug-likeness (QED) is 0.251. The molecule has 0 fully saturated rings. The molecule has 1 aromatic carbocycles. The third kappa shape index (κ3) is 4.68. The SMILES string of the molecule is O=C(/C=C/c1ccc([N+](=O)[O-])o1)OCC(=O)c1ccc(Cl)cc1Cl. The molecule has 0 bridgehead atoms. The molecule has 9 heteroatoms. The molecule has 1 heterocycles. The van der Waals surface area contributed by atoms with Gasteiger partial charge in [0, 0.05) is 16.7 Å². The number of ketones is 1. The number of nitrogens with zero attached hydrogens (tertiary/aromatic N) is 1. The Bertz CT molecular complexity index is 827. The van der Waals surface area contributed by atoms with Crippen molar-refractivity contribution >= 4 is 46.9 Å². The molecule has 0 saturated carbocycles. The van der Waals surface area contributed by atoms with E-state index in [-0.39, 0.29) is 16.3 Å². The van der Waals surface area contributed by atoms with Crippen molar-refractivity contribution in [1.29, 1.82) is 0 Å². The maximum absolute atomic E-state index is 11.9. The number of Topliss-reactive ketones (excluding diaryl/α,β-unsaturated/α-hetero) is 1. The van der Waals surface area contributed by atoms with Gasteiger partial charge in [0.1, 0.15) is 10.7 Å². The van der Waals surface area contributed by atoms with Gasteiger partial charge in [-0.1, -0.05) is 23.2 Å². The van der Waals surface area contributed by atoms with Gasteiger partial charge >= 0.3 is 11.9 Å². The van der Waals surface area contributed by atoms with Crippen molar-refractivity contribution in [3.05, 3.63) is 67.9 Å². The lowest BCUT2D eigenvalue weighted by molar-refractivity contribution is -0.402. The molecule has 2 aromatic rings. The number of furan rings is 1. The lowest BCUT2D eigenvalue weighted by Gasteiger charge is -2.04. The molecule has 0 saturated heterocycles. The number of benzene rings is 1. The van der Waals surface area contributed by atoms with Gasteiger partial charge < -0.3 is 9.15 Å². The van der Waals surface area contributed by atoms with Crippen LogP contribution in [0, 0.1) is 10.1 Å². The first kappa shape index (κ1) is 17.7. The Labute approximate surface area is 145 Å². The molecule has 0 radical (unpaired) electrons. The Hall–Kier alpha value is -2.64. The fraction of sp³-hybridized carbons (Fsp3) is 0.0667. The Morgan fingerprint density at radius 3 is 2.62 bits per heavy atom. The summed E-state index contributed by atoms with van der Waals surface area (Å²) in [5.74, 6) is -1.65. The van der Waals surface area contributed by atoms with Crippen LogP contribution in [0.1, 0.15) is 16.1 Å². The average molecular weight is 370 g/mol. The lowest BCUT2D eigenvalue weighted by atomic mass is 10.1. The minimum atomic E-state index is -0.813. The van der Waals surface area contributed by atoms with Crippen molar-refractivity contribution in [2.45, 2.75) is 0 Å². The first-order chi connectivity index (χ1) is 11.4. The van der Waals surface area contributed by atoms with Crippen molar-refractivity contribution in [3.8, 4) is 0 Å². The van der Waals surface area contributed by atoms with Crippen molar-refractivity contribution in [3.63, 3.8) is 0 Å². The zero-order valence-electron chi connectivity index (χ0n) is 11.9. The first-order valence-electron chi connectivity index (χ1n) is 6.44. The van der Waals surface area contributed by atoms with Gasteiger partial charge in [-0.2, -0.15) is 0 Å². The highest BCUT2D eigenvalue weighted by molar-refractivity contribution is 6.36. The molecule has 24 heavy (non-hydrogen) atoms. The number of hydrogen-bond acceptors (Lipinski definition) is 6. The number of carbonyl (C=O) groups is 2. The molecule has 2 rings (SSSR count). The van der Waals surface area contributed by atoms with Crippen LogP contribution in [-0.4, -0.2) is 23.3 Å².